The Balaban J connectivity index is 1.97. The summed E-state index contributed by atoms with van der Waals surface area (Å²) in [6.45, 7) is 0. The molecule has 0 unspecified atom stereocenters. The molecule has 0 radical (unpaired) electrons. The van der Waals surface area contributed by atoms with Crippen molar-refractivity contribution in [3.05, 3.63) is 57.7 Å². The van der Waals surface area contributed by atoms with E-state index in [-0.39, 0.29) is 5.56 Å². The van der Waals surface area contributed by atoms with Crippen LogP contribution in [0, 0.1) is 0 Å². The lowest BCUT2D eigenvalue weighted by Crippen LogP contribution is -2.06. The monoisotopic (exact) mass is 285 g/mol. The van der Waals surface area contributed by atoms with Gasteiger partial charge in [0.05, 0.1) is 11.7 Å². The van der Waals surface area contributed by atoms with Crippen molar-refractivity contribution in [3.63, 3.8) is 0 Å². The number of nitrogens with zero attached hydrogens (tertiary/aromatic N) is 2. The maximum atomic E-state index is 11.8. The van der Waals surface area contributed by atoms with Gasteiger partial charge < -0.3 is 4.98 Å². The lowest BCUT2D eigenvalue weighted by Gasteiger charge is -2.08. The second kappa shape index (κ2) is 4.21. The third kappa shape index (κ3) is 1.76. The number of rotatable bonds is 2. The molecule has 2 heterocycles. The van der Waals surface area contributed by atoms with Crippen LogP contribution in [0.1, 0.15) is 24.3 Å². The first-order valence-corrected chi connectivity index (χ1v) is 6.97. The first-order valence-electron chi connectivity index (χ1n) is 6.59. The molecule has 4 nitrogen and oxygen atoms in total. The van der Waals surface area contributed by atoms with E-state index in [1.807, 2.05) is 16.7 Å². The summed E-state index contributed by atoms with van der Waals surface area (Å²) in [6, 6.07) is 9.94. The molecule has 1 fully saturated rings. The average Bonchev–Trinajstić information content (AvgIpc) is 3.23. The Bertz CT molecular complexity index is 861. The minimum atomic E-state index is -0.172. The lowest BCUT2D eigenvalue weighted by molar-refractivity contribution is 1.05. The van der Waals surface area contributed by atoms with Crippen LogP contribution < -0.4 is 5.56 Å². The van der Waals surface area contributed by atoms with Gasteiger partial charge in [0.1, 0.15) is 5.15 Å². The fraction of sp³-hybridized carbons (Fsp3) is 0.200. The van der Waals surface area contributed by atoms with Crippen LogP contribution in [0.4, 0.5) is 0 Å². The Morgan fingerprint density at radius 3 is 2.95 bits per heavy atom. The summed E-state index contributed by atoms with van der Waals surface area (Å²) < 4.78 is 1.82. The van der Waals surface area contributed by atoms with Gasteiger partial charge in [0.15, 0.2) is 5.65 Å². The highest BCUT2D eigenvalue weighted by Crippen LogP contribution is 2.40. The molecule has 4 rings (SSSR count). The second-order valence-electron chi connectivity index (χ2n) is 5.14. The Kier molecular flexibility index (Phi) is 2.47. The van der Waals surface area contributed by atoms with E-state index in [4.69, 9.17) is 11.6 Å². The van der Waals surface area contributed by atoms with Crippen LogP contribution in [0.15, 0.2) is 41.5 Å². The normalized spacial score (nSPS) is 14.8. The Labute approximate surface area is 120 Å². The Morgan fingerprint density at radius 2 is 2.15 bits per heavy atom. The van der Waals surface area contributed by atoms with E-state index in [1.165, 1.54) is 24.7 Å². The van der Waals surface area contributed by atoms with Gasteiger partial charge in [-0.1, -0.05) is 23.7 Å². The average molecular weight is 286 g/mol. The van der Waals surface area contributed by atoms with Crippen LogP contribution in [-0.2, 0) is 0 Å². The van der Waals surface area contributed by atoms with Gasteiger partial charge in [-0.2, -0.15) is 0 Å². The van der Waals surface area contributed by atoms with E-state index in [2.05, 4.69) is 22.1 Å². The van der Waals surface area contributed by atoms with E-state index in [0.29, 0.717) is 22.1 Å². The highest BCUT2D eigenvalue weighted by molar-refractivity contribution is 6.31. The van der Waals surface area contributed by atoms with Crippen LogP contribution in [-0.4, -0.2) is 14.5 Å². The lowest BCUT2D eigenvalue weighted by atomic mass is 10.1. The molecular weight excluding hydrogens is 274 g/mol. The standard InChI is InChI=1S/C15H12ClN3O/c16-13-7-12-14(17-8-18-15(12)20)19(13)11-3-1-2-10(6-11)9-4-5-9/h1-3,6-9H,4-5H2,(H,17,18,20). The molecule has 0 spiro atoms. The molecule has 1 saturated carbocycles. The van der Waals surface area contributed by atoms with Gasteiger partial charge in [-0.25, -0.2) is 4.98 Å². The summed E-state index contributed by atoms with van der Waals surface area (Å²) in [5.41, 5.74) is 2.69. The van der Waals surface area contributed by atoms with Crippen LogP contribution in [0.3, 0.4) is 0 Å². The molecule has 0 amide bonds. The zero-order valence-corrected chi connectivity index (χ0v) is 11.4. The summed E-state index contributed by atoms with van der Waals surface area (Å²) in [4.78, 5) is 18.6. The van der Waals surface area contributed by atoms with Gasteiger partial charge in [-0.15, -0.1) is 0 Å². The van der Waals surface area contributed by atoms with Gasteiger partial charge in [-0.3, -0.25) is 9.36 Å². The number of fused-ring (bicyclic) bond motifs is 1. The zero-order valence-electron chi connectivity index (χ0n) is 10.6. The van der Waals surface area contributed by atoms with Crippen molar-refractivity contribution in [2.75, 3.05) is 0 Å². The van der Waals surface area contributed by atoms with E-state index < -0.39 is 0 Å². The maximum Gasteiger partial charge on any atom is 0.260 e. The van der Waals surface area contributed by atoms with Crippen molar-refractivity contribution in [3.8, 4) is 5.69 Å². The number of hydrogen-bond acceptors (Lipinski definition) is 2. The number of H-pyrrole nitrogens is 1. The van der Waals surface area contributed by atoms with Gasteiger partial charge >= 0.3 is 0 Å². The first-order chi connectivity index (χ1) is 9.74. The molecule has 3 aromatic rings. The van der Waals surface area contributed by atoms with Crippen LogP contribution in [0.5, 0.6) is 0 Å². The molecule has 1 aliphatic rings. The van der Waals surface area contributed by atoms with Gasteiger partial charge in [-0.05, 0) is 42.5 Å². The van der Waals surface area contributed by atoms with Crippen molar-refractivity contribution in [1.82, 2.24) is 14.5 Å². The molecule has 5 heteroatoms. The highest BCUT2D eigenvalue weighted by atomic mass is 35.5. The second-order valence-corrected chi connectivity index (χ2v) is 5.53. The molecule has 2 aromatic heterocycles. The number of halogens is 1. The van der Waals surface area contributed by atoms with Crippen molar-refractivity contribution in [1.29, 1.82) is 0 Å². The van der Waals surface area contributed by atoms with Gasteiger partial charge in [0, 0.05) is 5.69 Å². The summed E-state index contributed by atoms with van der Waals surface area (Å²) in [6.07, 6.45) is 3.91. The Morgan fingerprint density at radius 1 is 1.30 bits per heavy atom. The van der Waals surface area contributed by atoms with E-state index in [0.717, 1.165) is 5.69 Å². The number of aromatic amines is 1. The fourth-order valence-corrected chi connectivity index (χ4v) is 2.86. The summed E-state index contributed by atoms with van der Waals surface area (Å²) in [5, 5.41) is 1.01. The van der Waals surface area contributed by atoms with Gasteiger partial charge in [0.2, 0.25) is 0 Å². The molecule has 0 saturated heterocycles. The quantitative estimate of drug-likeness (QED) is 0.786. The SMILES string of the molecule is O=c1[nH]cnc2c1cc(Cl)n2-c1cccc(C2CC2)c1. The number of nitrogens with one attached hydrogen (secondary N) is 1. The minimum absolute atomic E-state index is 0.172. The summed E-state index contributed by atoms with van der Waals surface area (Å²) >= 11 is 6.29. The molecule has 0 bridgehead atoms. The minimum Gasteiger partial charge on any atom is -0.313 e. The van der Waals surface area contributed by atoms with Crippen molar-refractivity contribution >= 4 is 22.6 Å². The zero-order chi connectivity index (χ0) is 13.7. The molecule has 0 aliphatic heterocycles. The predicted molar refractivity (Wildman–Crippen MR) is 78.7 cm³/mol. The van der Waals surface area contributed by atoms with E-state index in [9.17, 15) is 4.79 Å². The van der Waals surface area contributed by atoms with Crippen LogP contribution in [0.25, 0.3) is 16.7 Å². The van der Waals surface area contributed by atoms with Crippen molar-refractivity contribution < 1.29 is 0 Å². The molecule has 0 atom stereocenters. The summed E-state index contributed by atoms with van der Waals surface area (Å²) in [7, 11) is 0. The van der Waals surface area contributed by atoms with E-state index in [1.54, 1.807) is 6.07 Å². The molecule has 20 heavy (non-hydrogen) atoms. The summed E-state index contributed by atoms with van der Waals surface area (Å²) in [5.74, 6) is 0.673. The molecule has 100 valence electrons. The topological polar surface area (TPSA) is 50.7 Å². The number of benzene rings is 1. The van der Waals surface area contributed by atoms with Crippen LogP contribution >= 0.6 is 11.6 Å². The van der Waals surface area contributed by atoms with Crippen LogP contribution in [0.2, 0.25) is 5.15 Å². The molecular formula is C15H12ClN3O. The predicted octanol–water partition coefficient (Wildman–Crippen LogP) is 3.24. The maximum absolute atomic E-state index is 11.8. The fourth-order valence-electron chi connectivity index (χ4n) is 2.57. The molecule has 1 N–H and O–H groups in total. The largest absolute Gasteiger partial charge is 0.313 e. The molecule has 1 aromatic carbocycles. The molecule has 1 aliphatic carbocycles. The Hall–Kier alpha value is -2.07. The van der Waals surface area contributed by atoms with Crippen molar-refractivity contribution in [2.45, 2.75) is 18.8 Å². The van der Waals surface area contributed by atoms with Gasteiger partial charge in [0.25, 0.3) is 5.56 Å². The van der Waals surface area contributed by atoms with Crippen molar-refractivity contribution in [2.24, 2.45) is 0 Å². The smallest absolute Gasteiger partial charge is 0.260 e. The van der Waals surface area contributed by atoms with E-state index >= 15 is 0 Å². The number of hydrogen-bond donors (Lipinski definition) is 1. The third-order valence-electron chi connectivity index (χ3n) is 3.73. The highest BCUT2D eigenvalue weighted by Gasteiger charge is 2.24. The first kappa shape index (κ1) is 11.7. The number of aromatic nitrogens is 3. The third-order valence-corrected chi connectivity index (χ3v) is 4.01.